The Labute approximate surface area is 274 Å². The first kappa shape index (κ1) is 32.6. The number of nitriles is 4. The fourth-order valence-corrected chi connectivity index (χ4v) is 5.87. The number of alkyl halides is 3. The molecule has 0 aromatic heterocycles. The molecule has 3 aromatic rings. The molecule has 0 atom stereocenters. The van der Waals surface area contributed by atoms with Gasteiger partial charge in [-0.05, 0) is 52.5 Å². The second kappa shape index (κ2) is 11.8. The van der Waals surface area contributed by atoms with Crippen molar-refractivity contribution >= 4 is 39.2 Å². The summed E-state index contributed by atoms with van der Waals surface area (Å²) in [6, 6.07) is 12.5. The Bertz CT molecular complexity index is 2560. The molecule has 8 nitrogen and oxygen atoms in total. The van der Waals surface area contributed by atoms with Gasteiger partial charge in [-0.15, -0.1) is 0 Å². The molecule has 2 aliphatic rings. The molecule has 0 aliphatic heterocycles. The van der Waals surface area contributed by atoms with Crippen LogP contribution in [0.5, 0.6) is 0 Å². The summed E-state index contributed by atoms with van der Waals surface area (Å²) in [5.41, 5.74) is -10.5. The van der Waals surface area contributed by atoms with Crippen LogP contribution in [0.2, 0.25) is 0 Å². The lowest BCUT2D eigenvalue weighted by Crippen LogP contribution is -2.08. The largest absolute Gasteiger partial charge is 0.417 e. The summed E-state index contributed by atoms with van der Waals surface area (Å²) in [5.74, 6) is -2.89. The van der Waals surface area contributed by atoms with Gasteiger partial charge in [-0.3, -0.25) is 0 Å². The van der Waals surface area contributed by atoms with E-state index in [-0.39, 0.29) is 16.8 Å². The third-order valence-electron chi connectivity index (χ3n) is 7.82. The number of allylic oxidation sites excluding steroid dienone is 7. The molecule has 2 aliphatic carbocycles. The maximum Gasteiger partial charge on any atom is 0.417 e. The standard InChI is InChI=1S/C36H9F5N8/c1-16-10-17(8-9-22(16)46-2)26-29(24(15-45)48-4)31-32(35(26)49-5)34(38)30-27(33(31)37)20(13-43)25(28(30)23(14-44)47-3)18-6-7-19(12-42)21(11-18)36(39,40)41/h6-11H,1H3/b28-23-,29-24+. The number of benzene rings is 3. The average Bonchev–Trinajstić information content (AvgIpc) is 3.62. The smallest absolute Gasteiger partial charge is 0.238 e. The maximum atomic E-state index is 17.1. The molecule has 0 saturated carbocycles. The molecule has 228 valence electrons. The quantitative estimate of drug-likeness (QED) is 0.157. The first-order valence-electron chi connectivity index (χ1n) is 13.4. The number of halogens is 5. The summed E-state index contributed by atoms with van der Waals surface area (Å²) in [5, 5.41) is 39.3. The zero-order chi connectivity index (χ0) is 35.9. The molecule has 13 heteroatoms. The van der Waals surface area contributed by atoms with Crippen LogP contribution in [0.1, 0.15) is 50.1 Å². The first-order valence-corrected chi connectivity index (χ1v) is 13.4. The van der Waals surface area contributed by atoms with Crippen LogP contribution in [-0.2, 0) is 6.18 Å². The van der Waals surface area contributed by atoms with Gasteiger partial charge < -0.3 is 0 Å². The van der Waals surface area contributed by atoms with Crippen molar-refractivity contribution in [2.45, 2.75) is 13.1 Å². The van der Waals surface area contributed by atoms with E-state index in [2.05, 4.69) is 19.4 Å². The van der Waals surface area contributed by atoms with Crippen LogP contribution >= 0.6 is 0 Å². The third kappa shape index (κ3) is 4.66. The molecule has 0 N–H and O–H groups in total. The fourth-order valence-electron chi connectivity index (χ4n) is 5.87. The molecular formula is C36H9F5N8. The summed E-state index contributed by atoms with van der Waals surface area (Å²) in [7, 11) is 0. The molecule has 49 heavy (non-hydrogen) atoms. The van der Waals surface area contributed by atoms with Gasteiger partial charge in [-0.1, -0.05) is 24.3 Å². The van der Waals surface area contributed by atoms with Crippen molar-refractivity contribution in [3.05, 3.63) is 155 Å². The normalized spacial score (nSPS) is 14.9. The van der Waals surface area contributed by atoms with Gasteiger partial charge in [0.1, 0.15) is 17.7 Å². The van der Waals surface area contributed by atoms with E-state index in [1.807, 2.05) is 0 Å². The van der Waals surface area contributed by atoms with Crippen molar-refractivity contribution < 1.29 is 22.0 Å². The van der Waals surface area contributed by atoms with E-state index >= 15 is 8.78 Å². The molecule has 0 amide bonds. The highest BCUT2D eigenvalue weighted by Crippen LogP contribution is 2.58. The van der Waals surface area contributed by atoms with Gasteiger partial charge in [0.25, 0.3) is 11.4 Å². The molecule has 5 rings (SSSR count). The predicted molar refractivity (Wildman–Crippen MR) is 164 cm³/mol. The van der Waals surface area contributed by atoms with Crippen LogP contribution in [-0.4, -0.2) is 0 Å². The molecule has 0 bridgehead atoms. The minimum atomic E-state index is -5.09. The van der Waals surface area contributed by atoms with Crippen LogP contribution in [0.25, 0.3) is 52.9 Å². The van der Waals surface area contributed by atoms with Crippen molar-refractivity contribution in [1.29, 1.82) is 21.0 Å². The van der Waals surface area contributed by atoms with Gasteiger partial charge in [0, 0.05) is 27.8 Å². The van der Waals surface area contributed by atoms with E-state index in [4.69, 9.17) is 26.3 Å². The van der Waals surface area contributed by atoms with Crippen LogP contribution in [0.15, 0.2) is 47.8 Å². The Morgan fingerprint density at radius 3 is 1.73 bits per heavy atom. The summed E-state index contributed by atoms with van der Waals surface area (Å²) in [6.45, 7) is 32.1. The molecule has 0 fully saturated rings. The highest BCUT2D eigenvalue weighted by atomic mass is 19.4. The molecule has 0 spiro atoms. The van der Waals surface area contributed by atoms with Crippen LogP contribution in [0, 0.1) is 90.2 Å². The van der Waals surface area contributed by atoms with Gasteiger partial charge in [0.2, 0.25) is 5.70 Å². The highest BCUT2D eigenvalue weighted by Gasteiger charge is 2.44. The third-order valence-corrected chi connectivity index (χ3v) is 7.82. The highest BCUT2D eigenvalue weighted by molar-refractivity contribution is 6.29. The summed E-state index contributed by atoms with van der Waals surface area (Å²) in [4.78, 5) is 13.0. The molecule has 0 radical (unpaired) electrons. The topological polar surface area (TPSA) is 113 Å². The number of fused-ring (bicyclic) bond motifs is 2. The lowest BCUT2D eigenvalue weighted by molar-refractivity contribution is -0.137. The second-order valence-corrected chi connectivity index (χ2v) is 10.2. The van der Waals surface area contributed by atoms with Crippen molar-refractivity contribution in [3.8, 4) is 24.3 Å². The maximum absolute atomic E-state index is 17.1. The van der Waals surface area contributed by atoms with Gasteiger partial charge >= 0.3 is 6.18 Å². The van der Waals surface area contributed by atoms with E-state index < -0.39 is 96.1 Å². The SMILES string of the molecule is [C-]#[N+]C1=C(c2ccc([N+]#[C-])c(C)c2)/C(=C(/C#N)[N+]#[C-])c2c(F)c3c(c(F)c21)/C(=C(/C#N)[N+]#[C-])C(c1ccc(C#N)c(C(F)(F)F)c1)=C3C#N. The first-order chi connectivity index (χ1) is 23.4. The van der Waals surface area contributed by atoms with Gasteiger partial charge in [0.05, 0.1) is 61.2 Å². The summed E-state index contributed by atoms with van der Waals surface area (Å²) < 4.78 is 76.1. The number of hydrogen-bond donors (Lipinski definition) is 0. The van der Waals surface area contributed by atoms with E-state index in [0.29, 0.717) is 11.6 Å². The number of hydrogen-bond acceptors (Lipinski definition) is 4. The molecule has 0 heterocycles. The molecule has 0 saturated heterocycles. The predicted octanol–water partition coefficient (Wildman–Crippen LogP) is 9.27. The Balaban J connectivity index is 2.01. The molecule has 3 aromatic carbocycles. The Morgan fingerprint density at radius 1 is 0.694 bits per heavy atom. The zero-order valence-corrected chi connectivity index (χ0v) is 24.4. The lowest BCUT2D eigenvalue weighted by atomic mass is 9.90. The minimum absolute atomic E-state index is 0.112. The monoisotopic (exact) mass is 648 g/mol. The van der Waals surface area contributed by atoms with Crippen molar-refractivity contribution in [3.63, 3.8) is 0 Å². The number of rotatable bonds is 2. The molecule has 0 unspecified atom stereocenters. The zero-order valence-electron chi connectivity index (χ0n) is 24.4. The van der Waals surface area contributed by atoms with E-state index in [9.17, 15) is 34.2 Å². The summed E-state index contributed by atoms with van der Waals surface area (Å²) >= 11 is 0. The average molecular weight is 649 g/mol. The Kier molecular flexibility index (Phi) is 7.88. The van der Waals surface area contributed by atoms with Crippen LogP contribution in [0.3, 0.4) is 0 Å². The van der Waals surface area contributed by atoms with Crippen LogP contribution < -0.4 is 0 Å². The number of aryl methyl sites for hydroxylation is 1. The Hall–Kier alpha value is -7.81. The van der Waals surface area contributed by atoms with Crippen molar-refractivity contribution in [2.75, 3.05) is 0 Å². The van der Waals surface area contributed by atoms with E-state index in [0.717, 1.165) is 12.1 Å². The van der Waals surface area contributed by atoms with Gasteiger partial charge in [-0.25, -0.2) is 38.7 Å². The van der Waals surface area contributed by atoms with Gasteiger partial charge in [0.15, 0.2) is 5.69 Å². The lowest BCUT2D eigenvalue weighted by Gasteiger charge is -2.15. The van der Waals surface area contributed by atoms with Gasteiger partial charge in [-0.2, -0.15) is 23.7 Å². The molecular weight excluding hydrogens is 639 g/mol. The van der Waals surface area contributed by atoms with Crippen molar-refractivity contribution in [1.82, 2.24) is 0 Å². The fraction of sp³-hybridized carbons (Fsp3) is 0.0556. The second-order valence-electron chi connectivity index (χ2n) is 10.2. The summed E-state index contributed by atoms with van der Waals surface area (Å²) in [6.07, 6.45) is -5.09. The van der Waals surface area contributed by atoms with Crippen molar-refractivity contribution in [2.24, 2.45) is 0 Å². The number of nitrogens with zero attached hydrogens (tertiary/aromatic N) is 8. The van der Waals surface area contributed by atoms with E-state index in [1.54, 1.807) is 19.1 Å². The Morgan fingerprint density at radius 2 is 1.24 bits per heavy atom. The van der Waals surface area contributed by atoms with Crippen LogP contribution in [0.4, 0.5) is 27.6 Å². The van der Waals surface area contributed by atoms with E-state index in [1.165, 1.54) is 30.3 Å². The minimum Gasteiger partial charge on any atom is -0.238 e.